The summed E-state index contributed by atoms with van der Waals surface area (Å²) in [6.07, 6.45) is 2.02. The van der Waals surface area contributed by atoms with Gasteiger partial charge in [0.05, 0.1) is 11.4 Å². The Morgan fingerprint density at radius 2 is 1.19 bits per heavy atom. The Bertz CT molecular complexity index is 1140. The molecule has 3 aromatic rings. The lowest BCUT2D eigenvalue weighted by Gasteiger charge is -2.13. The first-order chi connectivity index (χ1) is 15.5. The lowest BCUT2D eigenvalue weighted by molar-refractivity contribution is 0.101. The van der Waals surface area contributed by atoms with Crippen molar-refractivity contribution in [1.82, 2.24) is 5.32 Å². The molecule has 0 unspecified atom stereocenters. The molecule has 0 heterocycles. The second-order valence-corrected chi connectivity index (χ2v) is 7.85. The minimum absolute atomic E-state index is 0.255. The van der Waals surface area contributed by atoms with Gasteiger partial charge in [0.2, 0.25) is 0 Å². The normalized spacial score (nSPS) is 12.5. The standard InChI is InChI=1S/C24H21ClN4O3/c25-17-9-5-15(6-10-17)22(30)28-20-3-1-2-4-21(20)29-23(31)16-7-11-18(12-8-16)26-24(32)27-19-13-14-19/h1-12,19H,13-14H2,(H,28,30)(H,29,31)(H2,26,27,32). The van der Waals surface area contributed by atoms with Crippen LogP contribution >= 0.6 is 11.6 Å². The maximum Gasteiger partial charge on any atom is 0.319 e. The summed E-state index contributed by atoms with van der Waals surface area (Å²) in [5, 5.41) is 11.7. The van der Waals surface area contributed by atoms with Crippen LogP contribution in [0.4, 0.5) is 21.9 Å². The number of hydrogen-bond acceptors (Lipinski definition) is 3. The molecule has 162 valence electrons. The average Bonchev–Trinajstić information content (AvgIpc) is 3.60. The van der Waals surface area contributed by atoms with Crippen LogP contribution in [0.1, 0.15) is 33.6 Å². The van der Waals surface area contributed by atoms with E-state index < -0.39 is 0 Å². The van der Waals surface area contributed by atoms with Gasteiger partial charge in [0.1, 0.15) is 0 Å². The van der Waals surface area contributed by atoms with Gasteiger partial charge in [0.15, 0.2) is 0 Å². The molecule has 0 atom stereocenters. The van der Waals surface area contributed by atoms with E-state index in [4.69, 9.17) is 11.6 Å². The first-order valence-electron chi connectivity index (χ1n) is 10.1. The summed E-state index contributed by atoms with van der Waals surface area (Å²) in [5.74, 6) is -0.657. The highest BCUT2D eigenvalue weighted by atomic mass is 35.5. The summed E-state index contributed by atoms with van der Waals surface area (Å²) in [6, 6.07) is 20.0. The van der Waals surface area contributed by atoms with Crippen molar-refractivity contribution in [2.45, 2.75) is 18.9 Å². The number of halogens is 1. The van der Waals surface area contributed by atoms with E-state index in [0.717, 1.165) is 12.8 Å². The fourth-order valence-corrected chi connectivity index (χ4v) is 3.10. The summed E-state index contributed by atoms with van der Waals surface area (Å²) < 4.78 is 0. The Morgan fingerprint density at radius 3 is 1.69 bits per heavy atom. The van der Waals surface area contributed by atoms with Gasteiger partial charge >= 0.3 is 6.03 Å². The van der Waals surface area contributed by atoms with Gasteiger partial charge in [0, 0.05) is 27.9 Å². The molecule has 1 aliphatic carbocycles. The van der Waals surface area contributed by atoms with Crippen LogP contribution in [0.25, 0.3) is 0 Å². The second-order valence-electron chi connectivity index (χ2n) is 7.41. The van der Waals surface area contributed by atoms with Gasteiger partial charge < -0.3 is 21.3 Å². The van der Waals surface area contributed by atoms with Gasteiger partial charge in [-0.25, -0.2) is 4.79 Å². The van der Waals surface area contributed by atoms with Crippen molar-refractivity contribution in [3.63, 3.8) is 0 Å². The third-order valence-electron chi connectivity index (χ3n) is 4.85. The molecule has 8 heteroatoms. The molecule has 1 fully saturated rings. The van der Waals surface area contributed by atoms with E-state index in [0.29, 0.717) is 33.2 Å². The lowest BCUT2D eigenvalue weighted by Crippen LogP contribution is -2.30. The smallest absolute Gasteiger partial charge is 0.319 e. The monoisotopic (exact) mass is 448 g/mol. The number of nitrogens with one attached hydrogen (secondary N) is 4. The molecule has 4 amide bonds. The predicted octanol–water partition coefficient (Wildman–Crippen LogP) is 5.13. The SMILES string of the molecule is O=C(Nc1ccc(C(=O)Nc2ccccc2NC(=O)c2ccc(Cl)cc2)cc1)NC1CC1. The van der Waals surface area contributed by atoms with Gasteiger partial charge in [-0.3, -0.25) is 9.59 Å². The summed E-state index contributed by atoms with van der Waals surface area (Å²) in [6.45, 7) is 0. The molecule has 32 heavy (non-hydrogen) atoms. The maximum absolute atomic E-state index is 12.7. The van der Waals surface area contributed by atoms with Crippen molar-refractivity contribution in [2.24, 2.45) is 0 Å². The first kappa shape index (κ1) is 21.4. The number of para-hydroxylation sites is 2. The van der Waals surface area contributed by atoms with Crippen LogP contribution in [-0.2, 0) is 0 Å². The molecule has 0 aromatic heterocycles. The fraction of sp³-hybridized carbons (Fsp3) is 0.125. The molecule has 0 saturated heterocycles. The van der Waals surface area contributed by atoms with E-state index >= 15 is 0 Å². The molecule has 0 aliphatic heterocycles. The number of amides is 4. The topological polar surface area (TPSA) is 99.3 Å². The highest BCUT2D eigenvalue weighted by Gasteiger charge is 2.23. The number of benzene rings is 3. The summed E-state index contributed by atoms with van der Waals surface area (Å²) >= 11 is 5.87. The molecule has 1 aliphatic rings. The zero-order valence-corrected chi connectivity index (χ0v) is 17.8. The Balaban J connectivity index is 1.40. The van der Waals surface area contributed by atoms with E-state index in [-0.39, 0.29) is 23.9 Å². The van der Waals surface area contributed by atoms with Crippen LogP contribution in [0.15, 0.2) is 72.8 Å². The Labute approximate surface area is 190 Å². The summed E-state index contributed by atoms with van der Waals surface area (Å²) in [5.41, 5.74) is 2.39. The summed E-state index contributed by atoms with van der Waals surface area (Å²) in [4.78, 5) is 37.1. The second kappa shape index (κ2) is 9.53. The molecule has 4 rings (SSSR count). The fourth-order valence-electron chi connectivity index (χ4n) is 2.98. The van der Waals surface area contributed by atoms with E-state index in [1.54, 1.807) is 72.8 Å². The van der Waals surface area contributed by atoms with Gasteiger partial charge in [-0.15, -0.1) is 0 Å². The van der Waals surface area contributed by atoms with Gasteiger partial charge in [-0.2, -0.15) is 0 Å². The molecule has 0 spiro atoms. The van der Waals surface area contributed by atoms with E-state index in [2.05, 4.69) is 21.3 Å². The van der Waals surface area contributed by atoms with Crippen molar-refractivity contribution in [1.29, 1.82) is 0 Å². The zero-order chi connectivity index (χ0) is 22.5. The lowest BCUT2D eigenvalue weighted by atomic mass is 10.1. The van der Waals surface area contributed by atoms with Crippen LogP contribution in [0.3, 0.4) is 0 Å². The number of carbonyl (C=O) groups is 3. The third-order valence-corrected chi connectivity index (χ3v) is 5.10. The van der Waals surface area contributed by atoms with Crippen LogP contribution in [0.2, 0.25) is 5.02 Å². The molecular weight excluding hydrogens is 428 g/mol. The van der Waals surface area contributed by atoms with Crippen LogP contribution in [-0.4, -0.2) is 23.9 Å². The van der Waals surface area contributed by atoms with Crippen LogP contribution in [0.5, 0.6) is 0 Å². The number of carbonyl (C=O) groups excluding carboxylic acids is 3. The Hall–Kier alpha value is -3.84. The summed E-state index contributed by atoms with van der Waals surface area (Å²) in [7, 11) is 0. The first-order valence-corrected chi connectivity index (χ1v) is 10.5. The van der Waals surface area contributed by atoms with Crippen LogP contribution in [0, 0.1) is 0 Å². The minimum atomic E-state index is -0.341. The van der Waals surface area contributed by atoms with E-state index in [1.807, 2.05) is 0 Å². The Morgan fingerprint density at radius 1 is 0.688 bits per heavy atom. The number of hydrogen-bond donors (Lipinski definition) is 4. The van der Waals surface area contributed by atoms with Crippen molar-refractivity contribution < 1.29 is 14.4 Å². The Kier molecular flexibility index (Phi) is 6.37. The average molecular weight is 449 g/mol. The van der Waals surface area contributed by atoms with Crippen LogP contribution < -0.4 is 21.3 Å². The zero-order valence-electron chi connectivity index (χ0n) is 17.0. The van der Waals surface area contributed by atoms with Gasteiger partial charge in [-0.05, 0) is 73.5 Å². The largest absolute Gasteiger partial charge is 0.335 e. The molecule has 0 bridgehead atoms. The number of rotatable bonds is 6. The van der Waals surface area contributed by atoms with Crippen molar-refractivity contribution in [2.75, 3.05) is 16.0 Å². The van der Waals surface area contributed by atoms with Gasteiger partial charge in [0.25, 0.3) is 11.8 Å². The quantitative estimate of drug-likeness (QED) is 0.420. The number of urea groups is 1. The molecular formula is C24H21ClN4O3. The molecule has 1 saturated carbocycles. The van der Waals surface area contributed by atoms with Crippen molar-refractivity contribution >= 4 is 46.5 Å². The molecule has 0 radical (unpaired) electrons. The highest BCUT2D eigenvalue weighted by molar-refractivity contribution is 6.30. The van der Waals surface area contributed by atoms with Crippen molar-refractivity contribution in [3.8, 4) is 0 Å². The van der Waals surface area contributed by atoms with E-state index in [1.165, 1.54) is 0 Å². The number of anilines is 3. The highest BCUT2D eigenvalue weighted by Crippen LogP contribution is 2.23. The van der Waals surface area contributed by atoms with Crippen molar-refractivity contribution in [3.05, 3.63) is 88.9 Å². The van der Waals surface area contributed by atoms with E-state index in [9.17, 15) is 14.4 Å². The third kappa shape index (κ3) is 5.65. The molecule has 3 aromatic carbocycles. The van der Waals surface area contributed by atoms with Gasteiger partial charge in [-0.1, -0.05) is 23.7 Å². The molecule has 4 N–H and O–H groups in total. The minimum Gasteiger partial charge on any atom is -0.335 e. The maximum atomic E-state index is 12.7. The predicted molar refractivity (Wildman–Crippen MR) is 125 cm³/mol. The molecule has 7 nitrogen and oxygen atoms in total.